The maximum Gasteiger partial charge on any atom is 0.0396 e. The van der Waals surface area contributed by atoms with Crippen LogP contribution in [0.2, 0.25) is 0 Å². The van der Waals surface area contributed by atoms with Crippen LogP contribution in [0, 0.1) is 0 Å². The first-order valence-corrected chi connectivity index (χ1v) is 6.84. The van der Waals surface area contributed by atoms with E-state index in [2.05, 4.69) is 55.4 Å². The summed E-state index contributed by atoms with van der Waals surface area (Å²) in [7, 11) is 2.19. The van der Waals surface area contributed by atoms with Crippen LogP contribution in [0.5, 0.6) is 0 Å². The molecule has 1 heterocycles. The smallest absolute Gasteiger partial charge is 0.0396 e. The molecule has 1 aromatic rings. The summed E-state index contributed by atoms with van der Waals surface area (Å²) < 4.78 is 0. The summed E-state index contributed by atoms with van der Waals surface area (Å²) in [5, 5.41) is 3.46. The minimum absolute atomic E-state index is 0.958. The Morgan fingerprint density at radius 1 is 1.39 bits per heavy atom. The van der Waals surface area contributed by atoms with Gasteiger partial charge in [0.05, 0.1) is 0 Å². The van der Waals surface area contributed by atoms with E-state index in [-0.39, 0.29) is 0 Å². The number of nitrogens with zero attached hydrogens (tertiary/aromatic N) is 1. The third-order valence-corrected chi connectivity index (χ3v) is 3.48. The van der Waals surface area contributed by atoms with E-state index in [1.165, 1.54) is 41.8 Å². The first-order valence-electron chi connectivity index (χ1n) is 6.84. The Morgan fingerprint density at radius 2 is 2.22 bits per heavy atom. The van der Waals surface area contributed by atoms with Gasteiger partial charge in [-0.25, -0.2) is 0 Å². The highest BCUT2D eigenvalue weighted by Gasteiger charge is 2.13. The largest absolute Gasteiger partial charge is 0.374 e. The number of benzene rings is 1. The minimum atomic E-state index is 0.958. The molecule has 2 heteroatoms. The molecule has 0 atom stereocenters. The molecule has 0 radical (unpaired) electrons. The molecule has 0 aromatic heterocycles. The van der Waals surface area contributed by atoms with E-state index in [9.17, 15) is 0 Å². The Morgan fingerprint density at radius 3 is 3.00 bits per heavy atom. The second-order valence-electron chi connectivity index (χ2n) is 5.40. The van der Waals surface area contributed by atoms with Crippen molar-refractivity contribution in [1.82, 2.24) is 5.32 Å². The molecule has 18 heavy (non-hydrogen) atoms. The molecule has 1 N–H and O–H groups in total. The van der Waals surface area contributed by atoms with Crippen molar-refractivity contribution in [2.24, 2.45) is 0 Å². The quantitative estimate of drug-likeness (QED) is 0.646. The summed E-state index contributed by atoms with van der Waals surface area (Å²) in [6.07, 6.45) is 4.73. The van der Waals surface area contributed by atoms with Crippen molar-refractivity contribution in [3.63, 3.8) is 0 Å². The van der Waals surface area contributed by atoms with Gasteiger partial charge in [-0.3, -0.25) is 0 Å². The number of rotatable bonds is 4. The van der Waals surface area contributed by atoms with Gasteiger partial charge < -0.3 is 10.2 Å². The summed E-state index contributed by atoms with van der Waals surface area (Å²) in [5.41, 5.74) is 5.68. The van der Waals surface area contributed by atoms with Crippen LogP contribution in [0.1, 0.15) is 31.4 Å². The van der Waals surface area contributed by atoms with Crippen molar-refractivity contribution in [3.05, 3.63) is 41.0 Å². The second-order valence-corrected chi connectivity index (χ2v) is 5.40. The lowest BCUT2D eigenvalue weighted by atomic mass is 9.99. The van der Waals surface area contributed by atoms with E-state index >= 15 is 0 Å². The molecule has 0 fully saturated rings. The van der Waals surface area contributed by atoms with Crippen molar-refractivity contribution >= 4 is 5.69 Å². The van der Waals surface area contributed by atoms with Gasteiger partial charge in [0.25, 0.3) is 0 Å². The van der Waals surface area contributed by atoms with Crippen molar-refractivity contribution in [3.8, 4) is 0 Å². The number of anilines is 1. The molecular formula is C16H24N2. The average molecular weight is 244 g/mol. The Balaban J connectivity index is 1.96. The molecule has 2 nitrogen and oxygen atoms in total. The van der Waals surface area contributed by atoms with Crippen molar-refractivity contribution < 1.29 is 0 Å². The highest BCUT2D eigenvalue weighted by atomic mass is 15.1. The monoisotopic (exact) mass is 244 g/mol. The lowest BCUT2D eigenvalue weighted by molar-refractivity contribution is 0.731. The zero-order chi connectivity index (χ0) is 13.0. The molecule has 0 saturated heterocycles. The first kappa shape index (κ1) is 13.2. The Kier molecular flexibility index (Phi) is 4.43. The second kappa shape index (κ2) is 6.05. The summed E-state index contributed by atoms with van der Waals surface area (Å²) in [6.45, 7) is 7.37. The summed E-state index contributed by atoms with van der Waals surface area (Å²) in [5.74, 6) is 0. The van der Waals surface area contributed by atoms with Crippen LogP contribution in [0.4, 0.5) is 5.69 Å². The van der Waals surface area contributed by atoms with Gasteiger partial charge in [0, 0.05) is 32.4 Å². The van der Waals surface area contributed by atoms with Gasteiger partial charge in [0.15, 0.2) is 0 Å². The summed E-state index contributed by atoms with van der Waals surface area (Å²) in [4.78, 5) is 2.36. The number of nitrogens with one attached hydrogen (secondary N) is 1. The van der Waals surface area contributed by atoms with E-state index in [0.29, 0.717) is 0 Å². The summed E-state index contributed by atoms with van der Waals surface area (Å²) >= 11 is 0. The SMILES string of the molecule is CC(C)=CCNCc1ccc2c(c1)CCCN2C. The molecule has 98 valence electrons. The molecule has 0 aliphatic carbocycles. The van der Waals surface area contributed by atoms with Gasteiger partial charge in [-0.15, -0.1) is 0 Å². The number of allylic oxidation sites excluding steroid dienone is 1. The molecule has 0 amide bonds. The van der Waals surface area contributed by atoms with Crippen LogP contribution < -0.4 is 10.2 Å². The van der Waals surface area contributed by atoms with E-state index in [1.807, 2.05) is 0 Å². The minimum Gasteiger partial charge on any atom is -0.374 e. The zero-order valence-electron chi connectivity index (χ0n) is 11.8. The van der Waals surface area contributed by atoms with Crippen LogP contribution in [0.25, 0.3) is 0 Å². The number of fused-ring (bicyclic) bond motifs is 1. The highest BCUT2D eigenvalue weighted by Crippen LogP contribution is 2.26. The molecule has 1 aromatic carbocycles. The van der Waals surface area contributed by atoms with Crippen molar-refractivity contribution in [2.75, 3.05) is 25.0 Å². The van der Waals surface area contributed by atoms with E-state index < -0.39 is 0 Å². The standard InChI is InChI=1S/C16H24N2/c1-13(2)8-9-17-12-14-6-7-16-15(11-14)5-4-10-18(16)3/h6-8,11,17H,4-5,9-10,12H2,1-3H3. The molecule has 2 rings (SSSR count). The predicted molar refractivity (Wildman–Crippen MR) is 79.2 cm³/mol. The van der Waals surface area contributed by atoms with Gasteiger partial charge in [0.2, 0.25) is 0 Å². The average Bonchev–Trinajstić information content (AvgIpc) is 2.35. The molecule has 1 aliphatic rings. The van der Waals surface area contributed by atoms with Gasteiger partial charge in [0.1, 0.15) is 0 Å². The highest BCUT2D eigenvalue weighted by molar-refractivity contribution is 5.56. The molecule has 0 spiro atoms. The third kappa shape index (κ3) is 3.36. The molecule has 0 saturated carbocycles. The fourth-order valence-corrected chi connectivity index (χ4v) is 2.44. The fourth-order valence-electron chi connectivity index (χ4n) is 2.44. The Hall–Kier alpha value is -1.28. The van der Waals surface area contributed by atoms with Crippen LogP contribution in [0.15, 0.2) is 29.8 Å². The maximum atomic E-state index is 3.46. The van der Waals surface area contributed by atoms with Gasteiger partial charge in [-0.1, -0.05) is 23.8 Å². The maximum absolute atomic E-state index is 3.46. The Bertz CT molecular complexity index is 431. The van der Waals surface area contributed by atoms with Crippen molar-refractivity contribution in [1.29, 1.82) is 0 Å². The van der Waals surface area contributed by atoms with Crippen molar-refractivity contribution in [2.45, 2.75) is 33.2 Å². The summed E-state index contributed by atoms with van der Waals surface area (Å²) in [6, 6.07) is 6.88. The first-order chi connectivity index (χ1) is 8.66. The topological polar surface area (TPSA) is 15.3 Å². The van der Waals surface area contributed by atoms with Crippen LogP contribution in [0.3, 0.4) is 0 Å². The normalized spacial score (nSPS) is 14.3. The molecule has 0 bridgehead atoms. The molecule has 0 unspecified atom stereocenters. The lowest BCUT2D eigenvalue weighted by Crippen LogP contribution is -2.24. The van der Waals surface area contributed by atoms with Gasteiger partial charge in [-0.2, -0.15) is 0 Å². The van der Waals surface area contributed by atoms with E-state index in [0.717, 1.165) is 13.1 Å². The number of hydrogen-bond acceptors (Lipinski definition) is 2. The lowest BCUT2D eigenvalue weighted by Gasteiger charge is -2.27. The number of aryl methyl sites for hydroxylation is 1. The molecular weight excluding hydrogens is 220 g/mol. The van der Waals surface area contributed by atoms with Crippen LogP contribution >= 0.6 is 0 Å². The zero-order valence-corrected chi connectivity index (χ0v) is 11.8. The van der Waals surface area contributed by atoms with Gasteiger partial charge >= 0.3 is 0 Å². The Labute approximate surface area is 111 Å². The molecule has 1 aliphatic heterocycles. The van der Waals surface area contributed by atoms with Gasteiger partial charge in [-0.05, 0) is 43.9 Å². The number of hydrogen-bond donors (Lipinski definition) is 1. The third-order valence-electron chi connectivity index (χ3n) is 3.48. The predicted octanol–water partition coefficient (Wildman–Crippen LogP) is 3.12. The van der Waals surface area contributed by atoms with E-state index in [1.54, 1.807) is 0 Å². The van der Waals surface area contributed by atoms with Crippen LogP contribution in [-0.2, 0) is 13.0 Å². The van der Waals surface area contributed by atoms with E-state index in [4.69, 9.17) is 0 Å². The van der Waals surface area contributed by atoms with Crippen LogP contribution in [-0.4, -0.2) is 20.1 Å². The fraction of sp³-hybridized carbons (Fsp3) is 0.500.